The van der Waals surface area contributed by atoms with E-state index in [4.69, 9.17) is 0 Å². The van der Waals surface area contributed by atoms with Crippen LogP contribution in [0.15, 0.2) is 10.9 Å². The van der Waals surface area contributed by atoms with Crippen molar-refractivity contribution in [3.63, 3.8) is 0 Å². The average Bonchev–Trinajstić information content (AvgIpc) is 2.39. The highest BCUT2D eigenvalue weighted by Gasteiger charge is 2.11. The summed E-state index contributed by atoms with van der Waals surface area (Å²) >= 11 is 0. The van der Waals surface area contributed by atoms with Gasteiger partial charge < -0.3 is 4.52 Å². The van der Waals surface area contributed by atoms with Crippen LogP contribution in [0.5, 0.6) is 0 Å². The maximum Gasteiger partial charge on any atom is 0.218 e. The molecule has 1 aromatic rings. The van der Waals surface area contributed by atoms with Crippen molar-refractivity contribution in [1.82, 2.24) is 14.9 Å². The summed E-state index contributed by atoms with van der Waals surface area (Å²) in [7, 11) is -1.95. The number of aromatic nitrogens is 2. The largest absolute Gasteiger partial charge is 0.343 e. The van der Waals surface area contributed by atoms with Gasteiger partial charge in [0.05, 0.1) is 0 Å². The van der Waals surface area contributed by atoms with Crippen molar-refractivity contribution in [3.05, 3.63) is 12.2 Å². The van der Waals surface area contributed by atoms with Crippen LogP contribution in [0.1, 0.15) is 5.82 Å². The SMILES string of the molecule is CNS(=O)(=O)Cc1ncon1. The highest BCUT2D eigenvalue weighted by Crippen LogP contribution is 1.95. The fraction of sp³-hybridized carbons (Fsp3) is 0.500. The molecule has 0 radical (unpaired) electrons. The zero-order valence-electron chi connectivity index (χ0n) is 5.81. The first kappa shape index (κ1) is 8.15. The van der Waals surface area contributed by atoms with Gasteiger partial charge in [0.1, 0.15) is 5.75 Å². The molecular weight excluding hydrogens is 170 g/mol. The molecule has 0 aliphatic rings. The fourth-order valence-electron chi connectivity index (χ4n) is 0.498. The zero-order valence-corrected chi connectivity index (χ0v) is 6.63. The summed E-state index contributed by atoms with van der Waals surface area (Å²) in [5.74, 6) is -0.0978. The van der Waals surface area contributed by atoms with E-state index in [9.17, 15) is 8.42 Å². The van der Waals surface area contributed by atoms with Gasteiger partial charge in [-0.15, -0.1) is 0 Å². The fourth-order valence-corrected chi connectivity index (χ4v) is 1.11. The number of nitrogens with zero attached hydrogens (tertiary/aromatic N) is 2. The molecule has 0 atom stereocenters. The van der Waals surface area contributed by atoms with Crippen LogP contribution in [0.3, 0.4) is 0 Å². The van der Waals surface area contributed by atoms with E-state index in [-0.39, 0.29) is 11.6 Å². The Morgan fingerprint density at radius 1 is 1.73 bits per heavy atom. The van der Waals surface area contributed by atoms with Gasteiger partial charge in [0.15, 0.2) is 5.82 Å². The van der Waals surface area contributed by atoms with Crippen LogP contribution < -0.4 is 4.72 Å². The monoisotopic (exact) mass is 177 g/mol. The Morgan fingerprint density at radius 2 is 2.45 bits per heavy atom. The summed E-state index contributed by atoms with van der Waals surface area (Å²) in [5, 5.41) is 3.34. The van der Waals surface area contributed by atoms with Crippen molar-refractivity contribution in [2.24, 2.45) is 0 Å². The lowest BCUT2D eigenvalue weighted by molar-refractivity contribution is 0.411. The van der Waals surface area contributed by atoms with Gasteiger partial charge in [-0.2, -0.15) is 4.98 Å². The molecule has 6 nitrogen and oxygen atoms in total. The zero-order chi connectivity index (χ0) is 8.32. The molecule has 0 bridgehead atoms. The lowest BCUT2D eigenvalue weighted by Gasteiger charge is -1.95. The molecule has 11 heavy (non-hydrogen) atoms. The Bertz CT molecular complexity index is 303. The third kappa shape index (κ3) is 2.28. The van der Waals surface area contributed by atoms with Crippen LogP contribution in [0.25, 0.3) is 0 Å². The van der Waals surface area contributed by atoms with Crippen molar-refractivity contribution < 1.29 is 12.9 Å². The van der Waals surface area contributed by atoms with Crippen molar-refractivity contribution in [2.75, 3.05) is 7.05 Å². The highest BCUT2D eigenvalue weighted by molar-refractivity contribution is 7.88. The third-order valence-corrected chi connectivity index (χ3v) is 2.30. The van der Waals surface area contributed by atoms with Crippen LogP contribution in [0.2, 0.25) is 0 Å². The second-order valence-corrected chi connectivity index (χ2v) is 3.74. The number of hydrogen-bond acceptors (Lipinski definition) is 5. The minimum atomic E-state index is -3.28. The standard InChI is InChI=1S/C4H7N3O3S/c1-5-11(8,9)2-4-6-3-10-7-4/h3,5H,2H2,1H3. The molecule has 1 N–H and O–H groups in total. The smallest absolute Gasteiger partial charge is 0.218 e. The Labute approximate surface area is 63.7 Å². The Morgan fingerprint density at radius 3 is 2.91 bits per heavy atom. The summed E-state index contributed by atoms with van der Waals surface area (Å²) < 4.78 is 28.1. The summed E-state index contributed by atoms with van der Waals surface area (Å²) in [6.07, 6.45) is 1.08. The first-order valence-electron chi connectivity index (χ1n) is 2.80. The lowest BCUT2D eigenvalue weighted by atomic mass is 10.7. The molecule has 0 saturated carbocycles. The van der Waals surface area contributed by atoms with Gasteiger partial charge in [-0.1, -0.05) is 5.16 Å². The molecule has 7 heteroatoms. The number of sulfonamides is 1. The summed E-state index contributed by atoms with van der Waals surface area (Å²) in [6.45, 7) is 0. The Hall–Kier alpha value is -0.950. The van der Waals surface area contributed by atoms with Crippen molar-refractivity contribution in [3.8, 4) is 0 Å². The van der Waals surface area contributed by atoms with E-state index < -0.39 is 10.0 Å². The number of hydrogen-bond donors (Lipinski definition) is 1. The van der Waals surface area contributed by atoms with E-state index in [0.29, 0.717) is 0 Å². The predicted octanol–water partition coefficient (Wildman–Crippen LogP) is -0.881. The summed E-state index contributed by atoms with van der Waals surface area (Å²) in [4.78, 5) is 3.55. The molecular formula is C4H7N3O3S. The van der Waals surface area contributed by atoms with Gasteiger partial charge in [0, 0.05) is 0 Å². The lowest BCUT2D eigenvalue weighted by Crippen LogP contribution is -2.20. The average molecular weight is 177 g/mol. The summed E-state index contributed by atoms with van der Waals surface area (Å²) in [5.41, 5.74) is 0. The van der Waals surface area contributed by atoms with E-state index in [1.165, 1.54) is 7.05 Å². The van der Waals surface area contributed by atoms with Crippen molar-refractivity contribution in [2.45, 2.75) is 5.75 Å². The molecule has 0 aromatic carbocycles. The number of rotatable bonds is 3. The van der Waals surface area contributed by atoms with Gasteiger partial charge >= 0.3 is 0 Å². The molecule has 0 unspecified atom stereocenters. The molecule has 0 spiro atoms. The van der Waals surface area contributed by atoms with Gasteiger partial charge in [0.25, 0.3) is 0 Å². The van der Waals surface area contributed by atoms with Gasteiger partial charge in [0.2, 0.25) is 16.4 Å². The first-order valence-corrected chi connectivity index (χ1v) is 4.46. The predicted molar refractivity (Wildman–Crippen MR) is 36.0 cm³/mol. The quantitative estimate of drug-likeness (QED) is 0.648. The van der Waals surface area contributed by atoms with Crippen LogP contribution in [-0.4, -0.2) is 25.6 Å². The van der Waals surface area contributed by atoms with Crippen LogP contribution >= 0.6 is 0 Å². The van der Waals surface area contributed by atoms with Crippen LogP contribution in [0, 0.1) is 0 Å². The minimum absolute atomic E-state index is 0.152. The van der Waals surface area contributed by atoms with E-state index >= 15 is 0 Å². The van der Waals surface area contributed by atoms with Crippen molar-refractivity contribution >= 4 is 10.0 Å². The van der Waals surface area contributed by atoms with Crippen LogP contribution in [-0.2, 0) is 15.8 Å². The Balaban J connectivity index is 2.72. The highest BCUT2D eigenvalue weighted by atomic mass is 32.2. The third-order valence-electron chi connectivity index (χ3n) is 1.04. The van der Waals surface area contributed by atoms with Gasteiger partial charge in [-0.05, 0) is 7.05 Å². The molecule has 1 aromatic heterocycles. The maximum absolute atomic E-state index is 10.8. The molecule has 0 aliphatic heterocycles. The molecule has 0 aliphatic carbocycles. The topological polar surface area (TPSA) is 85.1 Å². The maximum atomic E-state index is 10.8. The number of nitrogens with one attached hydrogen (secondary N) is 1. The van der Waals surface area contributed by atoms with E-state index in [2.05, 4.69) is 19.4 Å². The normalized spacial score (nSPS) is 11.7. The molecule has 0 fully saturated rings. The van der Waals surface area contributed by atoms with E-state index in [1.807, 2.05) is 0 Å². The second-order valence-electron chi connectivity index (χ2n) is 1.81. The van der Waals surface area contributed by atoms with E-state index in [0.717, 1.165) is 6.39 Å². The minimum Gasteiger partial charge on any atom is -0.343 e. The van der Waals surface area contributed by atoms with Gasteiger partial charge in [-0.3, -0.25) is 0 Å². The Kier molecular flexibility index (Phi) is 2.20. The molecule has 0 amide bonds. The van der Waals surface area contributed by atoms with E-state index in [1.54, 1.807) is 0 Å². The first-order chi connectivity index (χ1) is 5.14. The summed E-state index contributed by atoms with van der Waals surface area (Å²) in [6, 6.07) is 0. The molecule has 0 saturated heterocycles. The molecule has 62 valence electrons. The molecule has 1 rings (SSSR count). The van der Waals surface area contributed by atoms with Crippen molar-refractivity contribution in [1.29, 1.82) is 0 Å². The van der Waals surface area contributed by atoms with Gasteiger partial charge in [-0.25, -0.2) is 13.1 Å². The second kappa shape index (κ2) is 2.97. The molecule has 1 heterocycles. The van der Waals surface area contributed by atoms with Crippen LogP contribution in [0.4, 0.5) is 0 Å².